The Morgan fingerprint density at radius 1 is 1.42 bits per heavy atom. The molecule has 2 rings (SSSR count). The number of likely N-dealkylation sites (N-methyl/N-ethyl adjacent to an activating group) is 1. The largest absolute Gasteiger partial charge is 0.397 e. The fourth-order valence-electron chi connectivity index (χ4n) is 1.58. The van der Waals surface area contributed by atoms with Crippen LogP contribution in [0, 0.1) is 0 Å². The van der Waals surface area contributed by atoms with Crippen LogP contribution in [0.1, 0.15) is 5.56 Å². The van der Waals surface area contributed by atoms with Crippen molar-refractivity contribution in [3.63, 3.8) is 0 Å². The molecule has 0 radical (unpaired) electrons. The van der Waals surface area contributed by atoms with Crippen molar-refractivity contribution >= 4 is 17.5 Å². The highest BCUT2D eigenvalue weighted by atomic mass is 15.1. The third-order valence-corrected chi connectivity index (χ3v) is 2.16. The maximum absolute atomic E-state index is 5.86. The van der Waals surface area contributed by atoms with Crippen molar-refractivity contribution in [2.75, 3.05) is 24.2 Å². The lowest BCUT2D eigenvalue weighted by Crippen LogP contribution is -2.21. The quantitative estimate of drug-likeness (QED) is 0.586. The highest BCUT2D eigenvalue weighted by Gasteiger charge is 2.10. The summed E-state index contributed by atoms with van der Waals surface area (Å²) in [5.41, 5.74) is 9.08. The zero-order valence-electron chi connectivity index (χ0n) is 7.12. The van der Waals surface area contributed by atoms with Gasteiger partial charge >= 0.3 is 0 Å². The molecule has 12 heavy (non-hydrogen) atoms. The molecule has 0 bridgehead atoms. The molecule has 2 heteroatoms. The first kappa shape index (κ1) is 7.22. The molecule has 1 aliphatic heterocycles. The summed E-state index contributed by atoms with van der Waals surface area (Å²) >= 11 is 0. The molecule has 0 atom stereocenters. The summed E-state index contributed by atoms with van der Waals surface area (Å²) in [5, 5.41) is 0. The number of anilines is 2. The second kappa shape index (κ2) is 2.55. The van der Waals surface area contributed by atoms with E-state index in [-0.39, 0.29) is 0 Å². The van der Waals surface area contributed by atoms with Gasteiger partial charge in [0.25, 0.3) is 0 Å². The Morgan fingerprint density at radius 3 is 3.00 bits per heavy atom. The minimum atomic E-state index is 0.861. The Morgan fingerprint density at radius 2 is 2.25 bits per heavy atom. The molecule has 1 aliphatic rings. The van der Waals surface area contributed by atoms with Crippen LogP contribution in [-0.2, 0) is 0 Å². The topological polar surface area (TPSA) is 29.3 Å². The molecular weight excluding hydrogens is 148 g/mol. The summed E-state index contributed by atoms with van der Waals surface area (Å²) in [4.78, 5) is 2.16. The average Bonchev–Trinajstić information content (AvgIpc) is 2.04. The zero-order chi connectivity index (χ0) is 8.55. The van der Waals surface area contributed by atoms with E-state index in [0.717, 1.165) is 17.9 Å². The molecule has 0 aliphatic carbocycles. The molecule has 0 saturated carbocycles. The van der Waals surface area contributed by atoms with Crippen molar-refractivity contribution in [3.05, 3.63) is 29.8 Å². The monoisotopic (exact) mass is 160 g/mol. The van der Waals surface area contributed by atoms with Crippen molar-refractivity contribution < 1.29 is 0 Å². The molecule has 0 amide bonds. The third-order valence-electron chi connectivity index (χ3n) is 2.16. The summed E-state index contributed by atoms with van der Waals surface area (Å²) in [6.07, 6.45) is 4.26. The number of nitrogens with two attached hydrogens (primary N) is 1. The summed E-state index contributed by atoms with van der Waals surface area (Å²) in [6.45, 7) is 0.946. The number of rotatable bonds is 0. The van der Waals surface area contributed by atoms with E-state index in [1.54, 1.807) is 0 Å². The van der Waals surface area contributed by atoms with Crippen LogP contribution >= 0.6 is 0 Å². The molecule has 2 N–H and O–H groups in total. The van der Waals surface area contributed by atoms with Crippen LogP contribution in [-0.4, -0.2) is 13.6 Å². The van der Waals surface area contributed by atoms with Gasteiger partial charge in [-0.1, -0.05) is 24.3 Å². The molecule has 2 nitrogen and oxygen atoms in total. The summed E-state index contributed by atoms with van der Waals surface area (Å²) < 4.78 is 0. The van der Waals surface area contributed by atoms with Crippen LogP contribution < -0.4 is 10.6 Å². The lowest BCUT2D eigenvalue weighted by molar-refractivity contribution is 1.02. The summed E-state index contributed by atoms with van der Waals surface area (Å²) in [6, 6.07) is 6.00. The number of hydrogen-bond acceptors (Lipinski definition) is 2. The standard InChI is InChI=1S/C10H12N2/c1-12-7-3-5-8-4-2-6-9(11)10(8)12/h2-6H,7,11H2,1H3. The van der Waals surface area contributed by atoms with Gasteiger partial charge in [0, 0.05) is 13.6 Å². The molecular formula is C10H12N2. The summed E-state index contributed by atoms with van der Waals surface area (Å²) in [7, 11) is 2.05. The van der Waals surface area contributed by atoms with E-state index < -0.39 is 0 Å². The van der Waals surface area contributed by atoms with Gasteiger partial charge in [-0.25, -0.2) is 0 Å². The van der Waals surface area contributed by atoms with E-state index in [9.17, 15) is 0 Å². The normalized spacial score (nSPS) is 14.6. The Bertz CT molecular complexity index is 329. The van der Waals surface area contributed by atoms with Crippen LogP contribution in [0.15, 0.2) is 24.3 Å². The van der Waals surface area contributed by atoms with Crippen LogP contribution in [0.2, 0.25) is 0 Å². The Labute approximate surface area is 72.3 Å². The van der Waals surface area contributed by atoms with Gasteiger partial charge in [-0.3, -0.25) is 0 Å². The summed E-state index contributed by atoms with van der Waals surface area (Å²) in [5.74, 6) is 0. The first-order valence-corrected chi connectivity index (χ1v) is 4.05. The van der Waals surface area contributed by atoms with Crippen molar-refractivity contribution in [2.24, 2.45) is 0 Å². The van der Waals surface area contributed by atoms with Gasteiger partial charge in [0.1, 0.15) is 0 Å². The first-order chi connectivity index (χ1) is 5.79. The van der Waals surface area contributed by atoms with Crippen molar-refractivity contribution in [1.29, 1.82) is 0 Å². The average molecular weight is 160 g/mol. The van der Waals surface area contributed by atoms with Crippen molar-refractivity contribution in [2.45, 2.75) is 0 Å². The fourth-order valence-corrected chi connectivity index (χ4v) is 1.58. The van der Waals surface area contributed by atoms with Crippen LogP contribution in [0.5, 0.6) is 0 Å². The van der Waals surface area contributed by atoms with E-state index >= 15 is 0 Å². The van der Waals surface area contributed by atoms with Gasteiger partial charge in [0.2, 0.25) is 0 Å². The lowest BCUT2D eigenvalue weighted by atomic mass is 10.1. The predicted molar refractivity (Wildman–Crippen MR) is 53.2 cm³/mol. The number of fused-ring (bicyclic) bond motifs is 1. The van der Waals surface area contributed by atoms with Gasteiger partial charge < -0.3 is 10.6 Å². The van der Waals surface area contributed by atoms with E-state index in [1.807, 2.05) is 12.1 Å². The smallest absolute Gasteiger partial charge is 0.0673 e. The molecule has 1 heterocycles. The van der Waals surface area contributed by atoms with Crippen molar-refractivity contribution in [1.82, 2.24) is 0 Å². The molecule has 0 unspecified atom stereocenters. The maximum atomic E-state index is 5.86. The van der Waals surface area contributed by atoms with Gasteiger partial charge in [-0.15, -0.1) is 0 Å². The van der Waals surface area contributed by atoms with Gasteiger partial charge in [0.05, 0.1) is 11.4 Å². The SMILES string of the molecule is CN1CC=Cc2cccc(N)c21. The van der Waals surface area contributed by atoms with Gasteiger partial charge in [-0.2, -0.15) is 0 Å². The number of para-hydroxylation sites is 1. The minimum Gasteiger partial charge on any atom is -0.397 e. The molecule has 0 aromatic heterocycles. The number of benzene rings is 1. The Kier molecular flexibility index (Phi) is 1.54. The van der Waals surface area contributed by atoms with E-state index in [1.165, 1.54) is 5.56 Å². The van der Waals surface area contributed by atoms with E-state index in [4.69, 9.17) is 5.73 Å². The zero-order valence-corrected chi connectivity index (χ0v) is 7.12. The molecule has 0 saturated heterocycles. The molecule has 0 spiro atoms. The highest BCUT2D eigenvalue weighted by molar-refractivity contribution is 5.81. The molecule has 1 aromatic carbocycles. The number of nitrogens with zero attached hydrogens (tertiary/aromatic N) is 1. The van der Waals surface area contributed by atoms with Gasteiger partial charge in [0.15, 0.2) is 0 Å². The van der Waals surface area contributed by atoms with Crippen LogP contribution in [0.4, 0.5) is 11.4 Å². The second-order valence-corrected chi connectivity index (χ2v) is 3.07. The Balaban J connectivity index is 2.62. The lowest BCUT2D eigenvalue weighted by Gasteiger charge is -2.24. The molecule has 1 aromatic rings. The maximum Gasteiger partial charge on any atom is 0.0673 e. The molecule has 0 fully saturated rings. The highest BCUT2D eigenvalue weighted by Crippen LogP contribution is 2.30. The van der Waals surface area contributed by atoms with Crippen LogP contribution in [0.25, 0.3) is 6.08 Å². The number of nitrogen functional groups attached to an aromatic ring is 1. The van der Waals surface area contributed by atoms with E-state index in [0.29, 0.717) is 0 Å². The second-order valence-electron chi connectivity index (χ2n) is 3.07. The molecule has 62 valence electrons. The van der Waals surface area contributed by atoms with Crippen molar-refractivity contribution in [3.8, 4) is 0 Å². The third kappa shape index (κ3) is 0.961. The minimum absolute atomic E-state index is 0.861. The van der Waals surface area contributed by atoms with E-state index in [2.05, 4.69) is 30.2 Å². The number of hydrogen-bond donors (Lipinski definition) is 1. The van der Waals surface area contributed by atoms with Gasteiger partial charge in [-0.05, 0) is 11.6 Å². The Hall–Kier alpha value is -1.44. The predicted octanol–water partition coefficient (Wildman–Crippen LogP) is 1.73. The fraction of sp³-hybridized carbons (Fsp3) is 0.200. The first-order valence-electron chi connectivity index (χ1n) is 4.05. The van der Waals surface area contributed by atoms with Crippen LogP contribution in [0.3, 0.4) is 0 Å².